The number of hydrogen-bond donors (Lipinski definition) is 2. The number of carbonyl (C=O) groups is 1. The minimum atomic E-state index is -0.428. The van der Waals surface area contributed by atoms with Crippen LogP contribution in [-0.4, -0.2) is 35.8 Å². The van der Waals surface area contributed by atoms with Crippen molar-refractivity contribution >= 4 is 23.4 Å². The summed E-state index contributed by atoms with van der Waals surface area (Å²) in [5.41, 5.74) is 3.64. The van der Waals surface area contributed by atoms with E-state index < -0.39 is 5.25 Å². The number of nitrogen functional groups attached to an aromatic ring is 1. The van der Waals surface area contributed by atoms with Gasteiger partial charge in [-0.3, -0.25) is 9.48 Å². The highest BCUT2D eigenvalue weighted by Crippen LogP contribution is 2.25. The number of nitrogens with zero attached hydrogens (tertiary/aromatic N) is 5. The molecule has 0 aliphatic rings. The molecule has 3 rings (SSSR count). The normalized spacial score (nSPS) is 12.2. The summed E-state index contributed by atoms with van der Waals surface area (Å²) in [6.45, 7) is 10.0. The van der Waals surface area contributed by atoms with Crippen LogP contribution in [0.15, 0.2) is 29.4 Å². The van der Waals surface area contributed by atoms with Gasteiger partial charge in [-0.2, -0.15) is 5.10 Å². The fourth-order valence-corrected chi connectivity index (χ4v) is 3.76. The van der Waals surface area contributed by atoms with Crippen molar-refractivity contribution in [1.29, 1.82) is 0 Å². The van der Waals surface area contributed by atoms with Gasteiger partial charge in [0.25, 0.3) is 0 Å². The third-order valence-corrected chi connectivity index (χ3v) is 6.12. The summed E-state index contributed by atoms with van der Waals surface area (Å²) < 4.78 is 8.88. The molecule has 0 aliphatic heterocycles. The first-order valence-electron chi connectivity index (χ1n) is 10.1. The predicted molar refractivity (Wildman–Crippen MR) is 122 cm³/mol. The SMILES string of the molecule is Cc1nn(C)c(C)c1NC(=O)C(C)Sc1nnc(COc2ccc(C(C)C)cc2)n1N. The van der Waals surface area contributed by atoms with Crippen LogP contribution in [0.4, 0.5) is 5.69 Å². The van der Waals surface area contributed by atoms with Crippen molar-refractivity contribution in [2.75, 3.05) is 11.2 Å². The zero-order chi connectivity index (χ0) is 22.7. The second-order valence-electron chi connectivity index (χ2n) is 7.70. The van der Waals surface area contributed by atoms with Crippen LogP contribution in [0.3, 0.4) is 0 Å². The third-order valence-electron chi connectivity index (χ3n) is 5.06. The van der Waals surface area contributed by atoms with Gasteiger partial charge in [0, 0.05) is 7.05 Å². The van der Waals surface area contributed by atoms with Crippen LogP contribution >= 0.6 is 11.8 Å². The number of aromatic nitrogens is 5. The monoisotopic (exact) mass is 443 g/mol. The number of nitrogens with two attached hydrogens (primary N) is 1. The Hall–Kier alpha value is -3.01. The Kier molecular flexibility index (Phi) is 6.89. The van der Waals surface area contributed by atoms with Gasteiger partial charge in [0.15, 0.2) is 5.82 Å². The molecule has 1 aromatic carbocycles. The number of ether oxygens (including phenoxy) is 1. The van der Waals surface area contributed by atoms with Gasteiger partial charge in [0.05, 0.1) is 22.3 Å². The average Bonchev–Trinajstić information content (AvgIpc) is 3.20. The van der Waals surface area contributed by atoms with Crippen molar-refractivity contribution in [3.63, 3.8) is 0 Å². The molecule has 0 aliphatic carbocycles. The van der Waals surface area contributed by atoms with Gasteiger partial charge in [-0.25, -0.2) is 4.68 Å². The van der Waals surface area contributed by atoms with E-state index in [2.05, 4.69) is 34.5 Å². The molecule has 0 fully saturated rings. The fraction of sp³-hybridized carbons (Fsp3) is 0.429. The highest BCUT2D eigenvalue weighted by molar-refractivity contribution is 8.00. The van der Waals surface area contributed by atoms with E-state index in [-0.39, 0.29) is 12.5 Å². The molecule has 0 spiro atoms. The molecule has 2 heterocycles. The number of anilines is 1. The highest BCUT2D eigenvalue weighted by Gasteiger charge is 2.22. The molecule has 3 N–H and O–H groups in total. The van der Waals surface area contributed by atoms with Gasteiger partial charge in [-0.15, -0.1) is 10.2 Å². The topological polar surface area (TPSA) is 113 Å². The summed E-state index contributed by atoms with van der Waals surface area (Å²) in [6.07, 6.45) is 0. The number of carbonyl (C=O) groups excluding carboxylic acids is 1. The van der Waals surface area contributed by atoms with Crippen LogP contribution in [0.25, 0.3) is 0 Å². The molecule has 0 saturated heterocycles. The second kappa shape index (κ2) is 9.42. The Morgan fingerprint density at radius 1 is 1.19 bits per heavy atom. The number of benzene rings is 1. The zero-order valence-electron chi connectivity index (χ0n) is 18.7. The molecule has 0 bridgehead atoms. The number of hydrogen-bond acceptors (Lipinski definition) is 7. The number of nitrogens with one attached hydrogen (secondary N) is 1. The first kappa shape index (κ1) is 22.7. The minimum Gasteiger partial charge on any atom is -0.486 e. The van der Waals surface area contributed by atoms with E-state index in [1.807, 2.05) is 45.2 Å². The molecule has 1 unspecified atom stereocenters. The Labute approximate surface area is 186 Å². The Balaban J connectivity index is 1.59. The summed E-state index contributed by atoms with van der Waals surface area (Å²) in [6, 6.07) is 7.94. The largest absolute Gasteiger partial charge is 0.486 e. The van der Waals surface area contributed by atoms with Crippen molar-refractivity contribution in [3.05, 3.63) is 47.0 Å². The van der Waals surface area contributed by atoms with Crippen LogP contribution < -0.4 is 15.9 Å². The van der Waals surface area contributed by atoms with Gasteiger partial charge in [0.1, 0.15) is 12.4 Å². The smallest absolute Gasteiger partial charge is 0.237 e. The molecule has 1 amide bonds. The summed E-state index contributed by atoms with van der Waals surface area (Å²) in [4.78, 5) is 12.6. The van der Waals surface area contributed by atoms with Crippen molar-refractivity contribution < 1.29 is 9.53 Å². The molecule has 31 heavy (non-hydrogen) atoms. The summed E-state index contributed by atoms with van der Waals surface area (Å²) >= 11 is 1.23. The lowest BCUT2D eigenvalue weighted by atomic mass is 10.0. The van der Waals surface area contributed by atoms with E-state index in [1.54, 1.807) is 11.6 Å². The van der Waals surface area contributed by atoms with Crippen LogP contribution in [0, 0.1) is 13.8 Å². The summed E-state index contributed by atoms with van der Waals surface area (Å²) in [7, 11) is 1.84. The first-order chi connectivity index (χ1) is 14.7. The Morgan fingerprint density at radius 2 is 1.87 bits per heavy atom. The van der Waals surface area contributed by atoms with Gasteiger partial charge in [-0.1, -0.05) is 37.7 Å². The van der Waals surface area contributed by atoms with E-state index in [0.717, 1.165) is 22.8 Å². The Morgan fingerprint density at radius 3 is 2.45 bits per heavy atom. The quantitative estimate of drug-likeness (QED) is 0.406. The third kappa shape index (κ3) is 5.19. The van der Waals surface area contributed by atoms with Gasteiger partial charge in [0.2, 0.25) is 11.1 Å². The number of rotatable bonds is 8. The lowest BCUT2D eigenvalue weighted by Crippen LogP contribution is -2.24. The molecule has 10 heteroatoms. The van der Waals surface area contributed by atoms with Gasteiger partial charge >= 0.3 is 0 Å². The maximum atomic E-state index is 12.6. The highest BCUT2D eigenvalue weighted by atomic mass is 32.2. The van der Waals surface area contributed by atoms with Crippen LogP contribution in [0.2, 0.25) is 0 Å². The lowest BCUT2D eigenvalue weighted by Gasteiger charge is -2.12. The second-order valence-corrected chi connectivity index (χ2v) is 9.01. The van der Waals surface area contributed by atoms with Crippen LogP contribution in [0.5, 0.6) is 5.75 Å². The van der Waals surface area contributed by atoms with Gasteiger partial charge in [-0.05, 0) is 44.4 Å². The average molecular weight is 444 g/mol. The van der Waals surface area contributed by atoms with Crippen LogP contribution in [0.1, 0.15) is 49.5 Å². The van der Waals surface area contributed by atoms with Gasteiger partial charge < -0.3 is 15.9 Å². The summed E-state index contributed by atoms with van der Waals surface area (Å²) in [5.74, 6) is 7.64. The minimum absolute atomic E-state index is 0.157. The zero-order valence-corrected chi connectivity index (χ0v) is 19.5. The molecule has 9 nitrogen and oxygen atoms in total. The van der Waals surface area contributed by atoms with Crippen molar-refractivity contribution in [1.82, 2.24) is 24.7 Å². The van der Waals surface area contributed by atoms with E-state index in [1.165, 1.54) is 22.0 Å². The molecular formula is C21H29N7O2S. The predicted octanol–water partition coefficient (Wildman–Crippen LogP) is 3.16. The fourth-order valence-electron chi connectivity index (χ4n) is 2.97. The van der Waals surface area contributed by atoms with E-state index in [9.17, 15) is 4.79 Å². The number of thioether (sulfide) groups is 1. The number of aryl methyl sites for hydroxylation is 2. The van der Waals surface area contributed by atoms with Crippen molar-refractivity contribution in [2.45, 2.75) is 57.5 Å². The molecule has 0 radical (unpaired) electrons. The summed E-state index contributed by atoms with van der Waals surface area (Å²) in [5, 5.41) is 15.5. The van der Waals surface area contributed by atoms with E-state index in [0.29, 0.717) is 16.9 Å². The van der Waals surface area contributed by atoms with E-state index in [4.69, 9.17) is 10.6 Å². The molecule has 1 atom stereocenters. The molecule has 166 valence electrons. The van der Waals surface area contributed by atoms with Crippen molar-refractivity contribution in [3.8, 4) is 5.75 Å². The Bertz CT molecular complexity index is 1060. The number of amides is 1. The lowest BCUT2D eigenvalue weighted by molar-refractivity contribution is -0.115. The van der Waals surface area contributed by atoms with Crippen molar-refractivity contribution in [2.24, 2.45) is 7.05 Å². The van der Waals surface area contributed by atoms with E-state index >= 15 is 0 Å². The maximum absolute atomic E-state index is 12.6. The molecule has 0 saturated carbocycles. The molecule has 2 aromatic heterocycles. The molecule has 3 aromatic rings. The van der Waals surface area contributed by atoms with Crippen LogP contribution in [-0.2, 0) is 18.4 Å². The maximum Gasteiger partial charge on any atom is 0.237 e. The standard InChI is InChI=1S/C21H29N7O2S/c1-12(2)16-7-9-17(10-8-16)30-11-18-24-25-21(28(18)22)31-15(5)20(29)23-19-13(3)26-27(6)14(19)4/h7-10,12,15H,11,22H2,1-6H3,(H,23,29). The molecular weight excluding hydrogens is 414 g/mol. The first-order valence-corrected chi connectivity index (χ1v) is 10.9.